The molecule has 2 N–H and O–H groups in total. The maximum Gasteiger partial charge on any atom is 0.221 e. The van der Waals surface area contributed by atoms with Gasteiger partial charge in [0.05, 0.1) is 10.6 Å². The van der Waals surface area contributed by atoms with Crippen LogP contribution in [0.1, 0.15) is 26.2 Å². The normalized spacial score (nSPS) is 12.9. The van der Waals surface area contributed by atoms with E-state index in [4.69, 9.17) is 5.11 Å². The number of rotatable bonds is 9. The second-order valence-electron chi connectivity index (χ2n) is 5.16. The van der Waals surface area contributed by atoms with Crippen LogP contribution in [0.15, 0.2) is 35.2 Å². The number of sulfone groups is 1. The first kappa shape index (κ1) is 17.7. The Labute approximate surface area is 126 Å². The number of amides is 1. The molecule has 0 radical (unpaired) electrons. The first-order chi connectivity index (χ1) is 9.95. The summed E-state index contributed by atoms with van der Waals surface area (Å²) in [6.07, 6.45) is 1.57. The summed E-state index contributed by atoms with van der Waals surface area (Å²) in [5.74, 6) is -0.220. The van der Waals surface area contributed by atoms with E-state index in [2.05, 4.69) is 5.32 Å². The largest absolute Gasteiger partial charge is 0.396 e. The molecule has 1 rings (SSSR count). The number of aliphatic hydroxyl groups is 1. The zero-order chi connectivity index (χ0) is 15.7. The van der Waals surface area contributed by atoms with Gasteiger partial charge in [0, 0.05) is 19.6 Å². The van der Waals surface area contributed by atoms with E-state index in [1.54, 1.807) is 18.2 Å². The Morgan fingerprint density at radius 3 is 2.57 bits per heavy atom. The lowest BCUT2D eigenvalue weighted by molar-refractivity contribution is -0.120. The number of nitrogens with one attached hydrogen (secondary N) is 1. The van der Waals surface area contributed by atoms with E-state index in [9.17, 15) is 13.2 Å². The molecule has 0 aromatic heterocycles. The highest BCUT2D eigenvalue weighted by atomic mass is 32.2. The van der Waals surface area contributed by atoms with Gasteiger partial charge in [0.15, 0.2) is 9.84 Å². The van der Waals surface area contributed by atoms with Crippen LogP contribution in [0.3, 0.4) is 0 Å². The third kappa shape index (κ3) is 6.73. The van der Waals surface area contributed by atoms with Crippen LogP contribution in [0, 0.1) is 5.92 Å². The standard InChI is InChI=1S/C15H23NO4S/c1-13(12-17)6-5-10-16-15(18)9-11-21(19,20)14-7-3-2-4-8-14/h2-4,7-8,13,17H,5-6,9-12H2,1H3,(H,16,18). The maximum absolute atomic E-state index is 12.0. The summed E-state index contributed by atoms with van der Waals surface area (Å²) in [6, 6.07) is 8.14. The Hall–Kier alpha value is -1.40. The summed E-state index contributed by atoms with van der Waals surface area (Å²) in [7, 11) is -3.40. The molecular formula is C15H23NO4S. The van der Waals surface area contributed by atoms with Crippen molar-refractivity contribution in [3.63, 3.8) is 0 Å². The first-order valence-electron chi connectivity index (χ1n) is 7.11. The van der Waals surface area contributed by atoms with E-state index >= 15 is 0 Å². The van der Waals surface area contributed by atoms with Gasteiger partial charge in [0.1, 0.15) is 0 Å². The van der Waals surface area contributed by atoms with E-state index in [-0.39, 0.29) is 35.5 Å². The molecule has 0 aliphatic heterocycles. The van der Waals surface area contributed by atoms with Crippen molar-refractivity contribution in [1.82, 2.24) is 5.32 Å². The van der Waals surface area contributed by atoms with Crippen molar-refractivity contribution in [3.05, 3.63) is 30.3 Å². The van der Waals surface area contributed by atoms with Crippen LogP contribution in [0.5, 0.6) is 0 Å². The average molecular weight is 313 g/mol. The van der Waals surface area contributed by atoms with Crippen LogP contribution in [0.2, 0.25) is 0 Å². The van der Waals surface area contributed by atoms with Crippen LogP contribution < -0.4 is 5.32 Å². The molecule has 1 atom stereocenters. The Bertz CT molecular complexity index is 528. The van der Waals surface area contributed by atoms with Crippen molar-refractivity contribution in [1.29, 1.82) is 0 Å². The number of carbonyl (C=O) groups excluding carboxylic acids is 1. The van der Waals surface area contributed by atoms with Gasteiger partial charge in [-0.3, -0.25) is 4.79 Å². The van der Waals surface area contributed by atoms with Gasteiger partial charge in [0.25, 0.3) is 0 Å². The monoisotopic (exact) mass is 313 g/mol. The van der Waals surface area contributed by atoms with Gasteiger partial charge >= 0.3 is 0 Å². The van der Waals surface area contributed by atoms with Gasteiger partial charge in [0.2, 0.25) is 5.91 Å². The number of aliphatic hydroxyl groups excluding tert-OH is 1. The molecular weight excluding hydrogens is 290 g/mol. The Morgan fingerprint density at radius 2 is 1.95 bits per heavy atom. The average Bonchev–Trinajstić information content (AvgIpc) is 2.50. The molecule has 0 heterocycles. The van der Waals surface area contributed by atoms with Gasteiger partial charge in [-0.2, -0.15) is 0 Å². The minimum Gasteiger partial charge on any atom is -0.396 e. The fourth-order valence-electron chi connectivity index (χ4n) is 1.83. The molecule has 0 bridgehead atoms. The first-order valence-corrected chi connectivity index (χ1v) is 8.76. The molecule has 0 fully saturated rings. The van der Waals surface area contributed by atoms with Gasteiger partial charge in [-0.15, -0.1) is 0 Å². The van der Waals surface area contributed by atoms with Crippen molar-refractivity contribution in [2.75, 3.05) is 18.9 Å². The van der Waals surface area contributed by atoms with E-state index in [0.717, 1.165) is 12.8 Å². The lowest BCUT2D eigenvalue weighted by atomic mass is 10.1. The fourth-order valence-corrected chi connectivity index (χ4v) is 3.09. The zero-order valence-corrected chi connectivity index (χ0v) is 13.1. The number of hydrogen-bond acceptors (Lipinski definition) is 4. The maximum atomic E-state index is 12.0. The number of hydrogen-bond donors (Lipinski definition) is 2. The van der Waals surface area contributed by atoms with Gasteiger partial charge in [-0.25, -0.2) is 8.42 Å². The van der Waals surface area contributed by atoms with Gasteiger partial charge in [-0.1, -0.05) is 25.1 Å². The molecule has 1 aromatic carbocycles. The van der Waals surface area contributed by atoms with Crippen LogP contribution in [0.4, 0.5) is 0 Å². The van der Waals surface area contributed by atoms with Crippen molar-refractivity contribution >= 4 is 15.7 Å². The molecule has 0 saturated heterocycles. The van der Waals surface area contributed by atoms with Crippen LogP contribution in [-0.2, 0) is 14.6 Å². The molecule has 0 aliphatic carbocycles. The summed E-state index contributed by atoms with van der Waals surface area (Å²) < 4.78 is 24.0. The fraction of sp³-hybridized carbons (Fsp3) is 0.533. The van der Waals surface area contributed by atoms with Crippen molar-refractivity contribution < 1.29 is 18.3 Å². The molecule has 1 amide bonds. The SMILES string of the molecule is CC(CO)CCCNC(=O)CCS(=O)(=O)c1ccccc1. The second-order valence-corrected chi connectivity index (χ2v) is 7.27. The molecule has 1 unspecified atom stereocenters. The van der Waals surface area contributed by atoms with Crippen molar-refractivity contribution in [2.45, 2.75) is 31.1 Å². The van der Waals surface area contributed by atoms with E-state index in [1.807, 2.05) is 6.92 Å². The van der Waals surface area contributed by atoms with Crippen LogP contribution in [-0.4, -0.2) is 38.3 Å². The predicted molar refractivity (Wildman–Crippen MR) is 81.6 cm³/mol. The Morgan fingerprint density at radius 1 is 1.29 bits per heavy atom. The van der Waals surface area contributed by atoms with Crippen LogP contribution in [0.25, 0.3) is 0 Å². The third-order valence-electron chi connectivity index (χ3n) is 3.21. The molecule has 1 aromatic rings. The highest BCUT2D eigenvalue weighted by Gasteiger charge is 2.15. The zero-order valence-electron chi connectivity index (χ0n) is 12.3. The minimum absolute atomic E-state index is 0.0349. The molecule has 0 spiro atoms. The van der Waals surface area contributed by atoms with Gasteiger partial charge in [-0.05, 0) is 30.9 Å². The molecule has 6 heteroatoms. The predicted octanol–water partition coefficient (Wildman–Crippen LogP) is 1.38. The van der Waals surface area contributed by atoms with Crippen LogP contribution >= 0.6 is 0 Å². The number of carbonyl (C=O) groups is 1. The Kier molecular flexibility index (Phi) is 7.39. The van der Waals surface area contributed by atoms with Crippen molar-refractivity contribution in [2.24, 2.45) is 5.92 Å². The highest BCUT2D eigenvalue weighted by Crippen LogP contribution is 2.11. The quantitative estimate of drug-likeness (QED) is 0.675. The Balaban J connectivity index is 2.30. The summed E-state index contributed by atoms with van der Waals surface area (Å²) in [5, 5.41) is 11.6. The smallest absolute Gasteiger partial charge is 0.221 e. The molecule has 0 saturated carbocycles. The lowest BCUT2D eigenvalue weighted by Gasteiger charge is -2.08. The molecule has 0 aliphatic rings. The van der Waals surface area contributed by atoms with E-state index in [0.29, 0.717) is 6.54 Å². The van der Waals surface area contributed by atoms with Gasteiger partial charge < -0.3 is 10.4 Å². The highest BCUT2D eigenvalue weighted by molar-refractivity contribution is 7.91. The lowest BCUT2D eigenvalue weighted by Crippen LogP contribution is -2.27. The van der Waals surface area contributed by atoms with E-state index in [1.165, 1.54) is 12.1 Å². The second kappa shape index (κ2) is 8.79. The summed E-state index contributed by atoms with van der Waals surface area (Å²) in [6.45, 7) is 2.59. The summed E-state index contributed by atoms with van der Waals surface area (Å²) in [4.78, 5) is 11.9. The molecule has 21 heavy (non-hydrogen) atoms. The number of benzene rings is 1. The topological polar surface area (TPSA) is 83.5 Å². The molecule has 5 nitrogen and oxygen atoms in total. The summed E-state index contributed by atoms with van der Waals surface area (Å²) in [5.41, 5.74) is 0. The van der Waals surface area contributed by atoms with E-state index < -0.39 is 9.84 Å². The van der Waals surface area contributed by atoms with Crippen molar-refractivity contribution in [3.8, 4) is 0 Å². The summed E-state index contributed by atoms with van der Waals surface area (Å²) >= 11 is 0. The molecule has 118 valence electrons. The minimum atomic E-state index is -3.40. The third-order valence-corrected chi connectivity index (χ3v) is 4.94.